The van der Waals surface area contributed by atoms with Crippen molar-refractivity contribution in [2.24, 2.45) is 0 Å². The summed E-state index contributed by atoms with van der Waals surface area (Å²) in [5, 5.41) is 0. The first kappa shape index (κ1) is 16.2. The highest BCUT2D eigenvalue weighted by Gasteiger charge is 2.27. The number of ether oxygens (including phenoxy) is 1. The van der Waals surface area contributed by atoms with Crippen LogP contribution in [0.1, 0.15) is 6.92 Å². The Kier molecular flexibility index (Phi) is 4.84. The fourth-order valence-electron chi connectivity index (χ4n) is 2.85. The first-order valence-electron chi connectivity index (χ1n) is 7.84. The first-order valence-corrected chi connectivity index (χ1v) is 9.45. The number of imidazole rings is 1. The molecular formula is C15H22N4O3S. The van der Waals surface area contributed by atoms with Crippen LogP contribution in [0, 0.1) is 0 Å². The Bertz CT molecular complexity index is 751. The second-order valence-corrected chi connectivity index (χ2v) is 7.56. The maximum Gasteiger partial charge on any atom is 0.216 e. The fourth-order valence-corrected chi connectivity index (χ4v) is 4.16. The predicted octanol–water partition coefficient (Wildman–Crippen LogP) is 1.05. The van der Waals surface area contributed by atoms with Crippen LogP contribution in [0.3, 0.4) is 0 Å². The molecule has 126 valence electrons. The second-order valence-electron chi connectivity index (χ2n) is 5.47. The molecule has 0 radical (unpaired) electrons. The molecule has 1 saturated heterocycles. The molecule has 7 nitrogen and oxygen atoms in total. The molecule has 0 spiro atoms. The quantitative estimate of drug-likeness (QED) is 0.797. The van der Waals surface area contributed by atoms with Crippen LogP contribution in [0.25, 0.3) is 11.0 Å². The largest absolute Gasteiger partial charge is 0.381 e. The lowest BCUT2D eigenvalue weighted by molar-refractivity contribution is 0.162. The molecular weight excluding hydrogens is 316 g/mol. The molecule has 0 aliphatic carbocycles. The fraction of sp³-hybridized carbons (Fsp3) is 0.533. The number of H-pyrrole nitrogens is 1. The van der Waals surface area contributed by atoms with Gasteiger partial charge in [0.2, 0.25) is 10.0 Å². The number of benzene rings is 1. The Morgan fingerprint density at radius 1 is 1.26 bits per heavy atom. The standard InChI is InChI=1S/C15H22N4O3S/c1-2-22-10-11-23(20,21)19-8-6-18(7-9-19)14-5-3-4-13-15(14)17-12-16-13/h3-5,12H,2,6-11H2,1H3,(H,16,17). The number of para-hydroxylation sites is 1. The number of rotatable bonds is 6. The number of nitrogens with one attached hydrogen (secondary N) is 1. The highest BCUT2D eigenvalue weighted by Crippen LogP contribution is 2.25. The molecule has 0 unspecified atom stereocenters. The van der Waals surface area contributed by atoms with Crippen molar-refractivity contribution < 1.29 is 13.2 Å². The second kappa shape index (κ2) is 6.86. The van der Waals surface area contributed by atoms with Gasteiger partial charge in [-0.05, 0) is 19.1 Å². The van der Waals surface area contributed by atoms with Gasteiger partial charge in [0.05, 0.1) is 29.9 Å². The van der Waals surface area contributed by atoms with Crippen molar-refractivity contribution in [1.29, 1.82) is 0 Å². The third-order valence-electron chi connectivity index (χ3n) is 4.09. The van der Waals surface area contributed by atoms with Crippen molar-refractivity contribution >= 4 is 26.7 Å². The highest BCUT2D eigenvalue weighted by atomic mass is 32.2. The molecule has 1 fully saturated rings. The van der Waals surface area contributed by atoms with Gasteiger partial charge in [0.25, 0.3) is 0 Å². The molecule has 1 aromatic heterocycles. The van der Waals surface area contributed by atoms with Crippen molar-refractivity contribution in [2.75, 3.05) is 50.0 Å². The van der Waals surface area contributed by atoms with E-state index in [1.807, 2.05) is 25.1 Å². The number of piperazine rings is 1. The summed E-state index contributed by atoms with van der Waals surface area (Å²) in [6, 6.07) is 6.00. The molecule has 1 aliphatic rings. The Labute approximate surface area is 136 Å². The average molecular weight is 338 g/mol. The van der Waals surface area contributed by atoms with E-state index in [0.29, 0.717) is 32.8 Å². The van der Waals surface area contributed by atoms with Crippen LogP contribution in [0.5, 0.6) is 0 Å². The summed E-state index contributed by atoms with van der Waals surface area (Å²) in [7, 11) is -3.23. The summed E-state index contributed by atoms with van der Waals surface area (Å²) in [5.74, 6) is 0.0514. The Morgan fingerprint density at radius 2 is 2.04 bits per heavy atom. The van der Waals surface area contributed by atoms with E-state index >= 15 is 0 Å². The minimum Gasteiger partial charge on any atom is -0.381 e. The maximum absolute atomic E-state index is 12.3. The molecule has 1 aliphatic heterocycles. The van der Waals surface area contributed by atoms with Gasteiger partial charge in [-0.25, -0.2) is 13.4 Å². The molecule has 0 saturated carbocycles. The zero-order chi connectivity index (χ0) is 16.3. The van der Waals surface area contributed by atoms with Crippen LogP contribution in [-0.4, -0.2) is 67.8 Å². The molecule has 23 heavy (non-hydrogen) atoms. The van der Waals surface area contributed by atoms with E-state index in [2.05, 4.69) is 14.9 Å². The minimum atomic E-state index is -3.23. The number of hydrogen-bond donors (Lipinski definition) is 1. The molecule has 1 aromatic carbocycles. The van der Waals surface area contributed by atoms with Crippen LogP contribution in [0.4, 0.5) is 5.69 Å². The Balaban J connectivity index is 1.65. The molecule has 3 rings (SSSR count). The zero-order valence-corrected chi connectivity index (χ0v) is 14.1. The molecule has 8 heteroatoms. The van der Waals surface area contributed by atoms with Gasteiger partial charge in [-0.15, -0.1) is 0 Å². The van der Waals surface area contributed by atoms with E-state index in [1.165, 1.54) is 0 Å². The summed E-state index contributed by atoms with van der Waals surface area (Å²) in [4.78, 5) is 9.66. The highest BCUT2D eigenvalue weighted by molar-refractivity contribution is 7.89. The predicted molar refractivity (Wildman–Crippen MR) is 90.2 cm³/mol. The summed E-state index contributed by atoms with van der Waals surface area (Å²) < 4.78 is 31.3. The molecule has 1 N–H and O–H groups in total. The van der Waals surface area contributed by atoms with Crippen molar-refractivity contribution in [3.05, 3.63) is 24.5 Å². The van der Waals surface area contributed by atoms with E-state index in [-0.39, 0.29) is 12.4 Å². The van der Waals surface area contributed by atoms with Crippen molar-refractivity contribution in [3.63, 3.8) is 0 Å². The third kappa shape index (κ3) is 3.49. The molecule has 0 bridgehead atoms. The number of anilines is 1. The lowest BCUT2D eigenvalue weighted by atomic mass is 10.2. The summed E-state index contributed by atoms with van der Waals surface area (Å²) in [5.41, 5.74) is 2.98. The van der Waals surface area contributed by atoms with Gasteiger partial charge < -0.3 is 14.6 Å². The van der Waals surface area contributed by atoms with Gasteiger partial charge >= 0.3 is 0 Å². The third-order valence-corrected chi connectivity index (χ3v) is 5.93. The van der Waals surface area contributed by atoms with Crippen molar-refractivity contribution in [1.82, 2.24) is 14.3 Å². The minimum absolute atomic E-state index is 0.0514. The van der Waals surface area contributed by atoms with E-state index in [1.54, 1.807) is 10.6 Å². The number of aromatic nitrogens is 2. The number of hydrogen-bond acceptors (Lipinski definition) is 5. The van der Waals surface area contributed by atoms with Crippen molar-refractivity contribution in [3.8, 4) is 0 Å². The maximum atomic E-state index is 12.3. The van der Waals surface area contributed by atoms with Crippen LogP contribution in [-0.2, 0) is 14.8 Å². The number of aromatic amines is 1. The van der Waals surface area contributed by atoms with Crippen LogP contribution < -0.4 is 4.90 Å². The lowest BCUT2D eigenvalue weighted by Gasteiger charge is -2.35. The van der Waals surface area contributed by atoms with Crippen molar-refractivity contribution in [2.45, 2.75) is 6.92 Å². The SMILES string of the molecule is CCOCCS(=O)(=O)N1CCN(c2cccc3[nH]cnc23)CC1. The van der Waals surface area contributed by atoms with Gasteiger partial charge in [-0.2, -0.15) is 4.31 Å². The summed E-state index contributed by atoms with van der Waals surface area (Å²) in [6.45, 7) is 4.98. The normalized spacial score (nSPS) is 17.0. The number of nitrogens with zero attached hydrogens (tertiary/aromatic N) is 3. The summed E-state index contributed by atoms with van der Waals surface area (Å²) in [6.07, 6.45) is 1.68. The summed E-state index contributed by atoms with van der Waals surface area (Å²) >= 11 is 0. The molecule has 0 atom stereocenters. The van der Waals surface area contributed by atoms with E-state index in [4.69, 9.17) is 4.74 Å². The topological polar surface area (TPSA) is 78.5 Å². The lowest BCUT2D eigenvalue weighted by Crippen LogP contribution is -2.49. The van der Waals surface area contributed by atoms with Gasteiger partial charge in [0.1, 0.15) is 5.52 Å². The Hall–Kier alpha value is -1.64. The molecule has 0 amide bonds. The van der Waals surface area contributed by atoms with Gasteiger partial charge in [0.15, 0.2) is 0 Å². The molecule has 2 heterocycles. The van der Waals surface area contributed by atoms with Crippen LogP contribution in [0.2, 0.25) is 0 Å². The van der Waals surface area contributed by atoms with E-state index in [9.17, 15) is 8.42 Å². The monoisotopic (exact) mass is 338 g/mol. The van der Waals surface area contributed by atoms with E-state index < -0.39 is 10.0 Å². The number of fused-ring (bicyclic) bond motifs is 1. The Morgan fingerprint density at radius 3 is 2.78 bits per heavy atom. The van der Waals surface area contributed by atoms with Crippen LogP contribution >= 0.6 is 0 Å². The molecule has 2 aromatic rings. The average Bonchev–Trinajstić information content (AvgIpc) is 3.04. The first-order chi connectivity index (χ1) is 11.1. The smallest absolute Gasteiger partial charge is 0.216 e. The van der Waals surface area contributed by atoms with Gasteiger partial charge in [-0.3, -0.25) is 0 Å². The van der Waals surface area contributed by atoms with Gasteiger partial charge in [0, 0.05) is 32.8 Å². The van der Waals surface area contributed by atoms with Crippen LogP contribution in [0.15, 0.2) is 24.5 Å². The number of sulfonamides is 1. The zero-order valence-electron chi connectivity index (χ0n) is 13.2. The van der Waals surface area contributed by atoms with E-state index in [0.717, 1.165) is 16.7 Å². The van der Waals surface area contributed by atoms with Gasteiger partial charge in [-0.1, -0.05) is 6.07 Å².